The lowest BCUT2D eigenvalue weighted by Crippen LogP contribution is -2.50. The molecule has 0 saturated carbocycles. The van der Waals surface area contributed by atoms with Gasteiger partial charge in [-0.25, -0.2) is 0 Å². The smallest absolute Gasteiger partial charge is 0.224 e. The average Bonchev–Trinajstić information content (AvgIpc) is 2.48. The predicted octanol–water partition coefficient (Wildman–Crippen LogP) is 1.88. The molecule has 0 aromatic heterocycles. The molecule has 1 saturated heterocycles. The van der Waals surface area contributed by atoms with Gasteiger partial charge in [0.05, 0.1) is 13.5 Å². The molecule has 0 radical (unpaired) electrons. The van der Waals surface area contributed by atoms with Crippen LogP contribution in [0.3, 0.4) is 0 Å². The molecule has 1 heterocycles. The fraction of sp³-hybridized carbons (Fsp3) is 0.562. The van der Waals surface area contributed by atoms with E-state index in [9.17, 15) is 4.79 Å². The molecule has 1 amide bonds. The Morgan fingerprint density at radius 1 is 1.45 bits per heavy atom. The van der Waals surface area contributed by atoms with Gasteiger partial charge in [-0.2, -0.15) is 0 Å². The zero-order chi connectivity index (χ0) is 14.4. The molecule has 2 atom stereocenters. The first-order chi connectivity index (χ1) is 9.70. The van der Waals surface area contributed by atoms with E-state index >= 15 is 0 Å². The number of methoxy groups -OCH3 is 1. The number of carbonyl (C=O) groups is 1. The van der Waals surface area contributed by atoms with Gasteiger partial charge in [-0.3, -0.25) is 4.79 Å². The van der Waals surface area contributed by atoms with Crippen LogP contribution in [0.5, 0.6) is 5.75 Å². The average molecular weight is 276 g/mol. The van der Waals surface area contributed by atoms with E-state index < -0.39 is 0 Å². The van der Waals surface area contributed by atoms with Gasteiger partial charge in [0.25, 0.3) is 0 Å². The molecule has 1 aliphatic heterocycles. The summed E-state index contributed by atoms with van der Waals surface area (Å²) in [5.41, 5.74) is 0.927. The van der Waals surface area contributed by atoms with Crippen molar-refractivity contribution in [3.8, 4) is 5.75 Å². The molecule has 4 nitrogen and oxygen atoms in total. The maximum Gasteiger partial charge on any atom is 0.224 e. The Kier molecular flexibility index (Phi) is 5.41. The zero-order valence-electron chi connectivity index (χ0n) is 12.3. The van der Waals surface area contributed by atoms with E-state index in [1.54, 1.807) is 7.11 Å². The summed E-state index contributed by atoms with van der Waals surface area (Å²) < 4.78 is 5.28. The van der Waals surface area contributed by atoms with Gasteiger partial charge in [-0.15, -0.1) is 0 Å². The van der Waals surface area contributed by atoms with Gasteiger partial charge in [0.1, 0.15) is 5.75 Å². The molecule has 0 bridgehead atoms. The summed E-state index contributed by atoms with van der Waals surface area (Å²) in [4.78, 5) is 12.1. The summed E-state index contributed by atoms with van der Waals surface area (Å²) in [7, 11) is 1.63. The van der Waals surface area contributed by atoms with Crippen molar-refractivity contribution in [1.29, 1.82) is 0 Å². The standard InChI is InChI=1S/C16H24N2O2/c1-12(14-8-5-6-10-17-14)18-16(19)11-13-7-3-4-9-15(13)20-2/h3-4,7,9,12,14,17H,5-6,8,10-11H2,1-2H3,(H,18,19). The number of hydrogen-bond donors (Lipinski definition) is 2. The number of piperidine rings is 1. The Hall–Kier alpha value is -1.55. The van der Waals surface area contributed by atoms with Crippen molar-refractivity contribution >= 4 is 5.91 Å². The first-order valence-corrected chi connectivity index (χ1v) is 7.35. The minimum Gasteiger partial charge on any atom is -0.496 e. The third-order valence-corrected chi connectivity index (χ3v) is 3.88. The normalized spacial score (nSPS) is 20.2. The summed E-state index contributed by atoms with van der Waals surface area (Å²) in [6, 6.07) is 8.21. The van der Waals surface area contributed by atoms with Crippen LogP contribution >= 0.6 is 0 Å². The van der Waals surface area contributed by atoms with Crippen LogP contribution in [-0.4, -0.2) is 31.6 Å². The second-order valence-electron chi connectivity index (χ2n) is 5.40. The molecule has 2 unspecified atom stereocenters. The minimum atomic E-state index is 0.0503. The van der Waals surface area contributed by atoms with Crippen LogP contribution in [0.25, 0.3) is 0 Å². The molecule has 0 aliphatic carbocycles. The second-order valence-corrected chi connectivity index (χ2v) is 5.40. The van der Waals surface area contributed by atoms with Crippen molar-refractivity contribution in [2.24, 2.45) is 0 Å². The van der Waals surface area contributed by atoms with E-state index in [4.69, 9.17) is 4.74 Å². The lowest BCUT2D eigenvalue weighted by molar-refractivity contribution is -0.121. The van der Waals surface area contributed by atoms with Crippen LogP contribution in [0, 0.1) is 0 Å². The highest BCUT2D eigenvalue weighted by Crippen LogP contribution is 2.18. The number of amides is 1. The molecule has 1 aliphatic rings. The quantitative estimate of drug-likeness (QED) is 0.863. The SMILES string of the molecule is COc1ccccc1CC(=O)NC(C)C1CCCCN1. The molecule has 110 valence electrons. The summed E-state index contributed by atoms with van der Waals surface area (Å²) in [5, 5.41) is 6.56. The summed E-state index contributed by atoms with van der Waals surface area (Å²) in [6.45, 7) is 3.13. The molecular formula is C16H24N2O2. The number of hydrogen-bond acceptors (Lipinski definition) is 3. The van der Waals surface area contributed by atoms with Crippen molar-refractivity contribution in [2.75, 3.05) is 13.7 Å². The van der Waals surface area contributed by atoms with Crippen molar-refractivity contribution in [1.82, 2.24) is 10.6 Å². The van der Waals surface area contributed by atoms with E-state index in [-0.39, 0.29) is 11.9 Å². The molecule has 2 N–H and O–H groups in total. The van der Waals surface area contributed by atoms with Gasteiger partial charge in [0.2, 0.25) is 5.91 Å². The van der Waals surface area contributed by atoms with E-state index in [1.807, 2.05) is 24.3 Å². The van der Waals surface area contributed by atoms with Crippen LogP contribution in [0.15, 0.2) is 24.3 Å². The third-order valence-electron chi connectivity index (χ3n) is 3.88. The van der Waals surface area contributed by atoms with E-state index in [0.29, 0.717) is 12.5 Å². The highest BCUT2D eigenvalue weighted by Gasteiger charge is 2.21. The number of nitrogens with one attached hydrogen (secondary N) is 2. The number of rotatable bonds is 5. The Morgan fingerprint density at radius 3 is 2.95 bits per heavy atom. The molecule has 1 fully saturated rings. The van der Waals surface area contributed by atoms with Crippen molar-refractivity contribution in [3.05, 3.63) is 29.8 Å². The molecule has 2 rings (SSSR count). The molecule has 1 aromatic rings. The highest BCUT2D eigenvalue weighted by atomic mass is 16.5. The van der Waals surface area contributed by atoms with Gasteiger partial charge in [-0.05, 0) is 32.4 Å². The summed E-state index contributed by atoms with van der Waals surface area (Å²) in [6.07, 6.45) is 3.97. The zero-order valence-corrected chi connectivity index (χ0v) is 12.3. The summed E-state index contributed by atoms with van der Waals surface area (Å²) in [5.74, 6) is 0.820. The Labute approximate surface area is 120 Å². The van der Waals surface area contributed by atoms with Crippen LogP contribution in [0.1, 0.15) is 31.7 Å². The Morgan fingerprint density at radius 2 is 2.25 bits per heavy atom. The lowest BCUT2D eigenvalue weighted by atomic mass is 9.99. The number of ether oxygens (including phenoxy) is 1. The van der Waals surface area contributed by atoms with Gasteiger partial charge in [-0.1, -0.05) is 24.6 Å². The monoisotopic (exact) mass is 276 g/mol. The molecule has 4 heteroatoms. The lowest BCUT2D eigenvalue weighted by Gasteiger charge is -2.29. The second kappa shape index (κ2) is 7.29. The number of benzene rings is 1. The van der Waals surface area contributed by atoms with E-state index in [1.165, 1.54) is 12.8 Å². The maximum atomic E-state index is 12.1. The molecular weight excluding hydrogens is 252 g/mol. The van der Waals surface area contributed by atoms with E-state index in [0.717, 1.165) is 24.3 Å². The predicted molar refractivity (Wildman–Crippen MR) is 79.9 cm³/mol. The fourth-order valence-corrected chi connectivity index (χ4v) is 2.73. The first kappa shape index (κ1) is 14.9. The fourth-order valence-electron chi connectivity index (χ4n) is 2.73. The van der Waals surface area contributed by atoms with E-state index in [2.05, 4.69) is 17.6 Å². The first-order valence-electron chi connectivity index (χ1n) is 7.35. The third kappa shape index (κ3) is 3.97. The topological polar surface area (TPSA) is 50.4 Å². The van der Waals surface area contributed by atoms with Gasteiger partial charge < -0.3 is 15.4 Å². The Balaban J connectivity index is 1.88. The van der Waals surface area contributed by atoms with Gasteiger partial charge in [0.15, 0.2) is 0 Å². The molecule has 20 heavy (non-hydrogen) atoms. The van der Waals surface area contributed by atoms with Crippen molar-refractivity contribution < 1.29 is 9.53 Å². The highest BCUT2D eigenvalue weighted by molar-refractivity contribution is 5.79. The molecule has 0 spiro atoms. The van der Waals surface area contributed by atoms with Crippen molar-refractivity contribution in [2.45, 2.75) is 44.7 Å². The van der Waals surface area contributed by atoms with Crippen LogP contribution in [0.2, 0.25) is 0 Å². The van der Waals surface area contributed by atoms with Crippen LogP contribution in [-0.2, 0) is 11.2 Å². The molecule has 1 aromatic carbocycles. The van der Waals surface area contributed by atoms with Gasteiger partial charge in [0, 0.05) is 17.6 Å². The largest absolute Gasteiger partial charge is 0.496 e. The van der Waals surface area contributed by atoms with Crippen molar-refractivity contribution in [3.63, 3.8) is 0 Å². The number of carbonyl (C=O) groups excluding carboxylic acids is 1. The Bertz CT molecular complexity index is 442. The number of para-hydroxylation sites is 1. The van der Waals surface area contributed by atoms with Crippen LogP contribution in [0.4, 0.5) is 0 Å². The maximum absolute atomic E-state index is 12.1. The summed E-state index contributed by atoms with van der Waals surface area (Å²) >= 11 is 0. The minimum absolute atomic E-state index is 0.0503. The van der Waals surface area contributed by atoms with Gasteiger partial charge >= 0.3 is 0 Å². The van der Waals surface area contributed by atoms with Crippen LogP contribution < -0.4 is 15.4 Å².